The van der Waals surface area contributed by atoms with E-state index in [0.717, 1.165) is 5.56 Å². The zero-order valence-corrected chi connectivity index (χ0v) is 11.1. The molecule has 2 aromatic rings. The van der Waals surface area contributed by atoms with Crippen molar-refractivity contribution < 1.29 is 5.11 Å². The minimum Gasteiger partial charge on any atom is -0.507 e. The summed E-state index contributed by atoms with van der Waals surface area (Å²) in [5.74, 6) is 0.262. The van der Waals surface area contributed by atoms with E-state index in [1.54, 1.807) is 6.07 Å². The van der Waals surface area contributed by atoms with Crippen molar-refractivity contribution in [3.05, 3.63) is 63.6 Å². The number of phenolic OH excluding ortho intramolecular Hbond substituents is 1. The summed E-state index contributed by atoms with van der Waals surface area (Å²) < 4.78 is 0.712. The third-order valence-electron chi connectivity index (χ3n) is 2.52. The van der Waals surface area contributed by atoms with Crippen LogP contribution in [0, 0.1) is 6.92 Å². The SMILES string of the molecule is Cc1ccc(/C=C/c2ccc(O)c(Br)c2)cc1. The van der Waals surface area contributed by atoms with Gasteiger partial charge in [-0.1, -0.05) is 48.0 Å². The lowest BCUT2D eigenvalue weighted by Crippen LogP contribution is -1.75. The van der Waals surface area contributed by atoms with Gasteiger partial charge in [-0.3, -0.25) is 0 Å². The highest BCUT2D eigenvalue weighted by molar-refractivity contribution is 9.10. The summed E-state index contributed by atoms with van der Waals surface area (Å²) in [6.45, 7) is 2.07. The van der Waals surface area contributed by atoms with E-state index in [2.05, 4.69) is 53.2 Å². The normalized spacial score (nSPS) is 10.9. The first-order valence-corrected chi connectivity index (χ1v) is 6.18. The molecule has 0 amide bonds. The molecular formula is C15H13BrO. The van der Waals surface area contributed by atoms with Crippen LogP contribution in [0.3, 0.4) is 0 Å². The van der Waals surface area contributed by atoms with Crippen LogP contribution in [0.5, 0.6) is 5.75 Å². The zero-order chi connectivity index (χ0) is 12.3. The average molecular weight is 289 g/mol. The molecule has 17 heavy (non-hydrogen) atoms. The maximum Gasteiger partial charge on any atom is 0.129 e. The standard InChI is InChI=1S/C15H13BrO/c1-11-2-4-12(5-3-11)6-7-13-8-9-15(17)14(16)10-13/h2-10,17H,1H3/b7-6+. The Bertz CT molecular complexity index is 541. The molecule has 2 aromatic carbocycles. The molecule has 0 spiro atoms. The molecule has 0 fully saturated rings. The van der Waals surface area contributed by atoms with E-state index in [1.165, 1.54) is 11.1 Å². The van der Waals surface area contributed by atoms with E-state index >= 15 is 0 Å². The van der Waals surface area contributed by atoms with Crippen LogP contribution in [0.4, 0.5) is 0 Å². The van der Waals surface area contributed by atoms with Crippen molar-refractivity contribution in [1.29, 1.82) is 0 Å². The second-order valence-electron chi connectivity index (χ2n) is 3.95. The van der Waals surface area contributed by atoms with Crippen molar-refractivity contribution in [2.24, 2.45) is 0 Å². The number of aryl methyl sites for hydroxylation is 1. The van der Waals surface area contributed by atoms with E-state index in [0.29, 0.717) is 4.47 Å². The molecule has 0 atom stereocenters. The number of hydrogen-bond acceptors (Lipinski definition) is 1. The fourth-order valence-corrected chi connectivity index (χ4v) is 1.89. The zero-order valence-electron chi connectivity index (χ0n) is 9.52. The summed E-state index contributed by atoms with van der Waals surface area (Å²) in [4.78, 5) is 0. The molecule has 0 heterocycles. The predicted molar refractivity (Wildman–Crippen MR) is 75.9 cm³/mol. The number of phenols is 1. The van der Waals surface area contributed by atoms with E-state index in [4.69, 9.17) is 0 Å². The van der Waals surface area contributed by atoms with Gasteiger partial charge in [0.1, 0.15) is 5.75 Å². The number of rotatable bonds is 2. The van der Waals surface area contributed by atoms with Gasteiger partial charge in [-0.2, -0.15) is 0 Å². The van der Waals surface area contributed by atoms with Crippen molar-refractivity contribution in [1.82, 2.24) is 0 Å². The first-order valence-electron chi connectivity index (χ1n) is 5.38. The van der Waals surface area contributed by atoms with Crippen molar-refractivity contribution in [2.75, 3.05) is 0 Å². The molecule has 0 saturated carbocycles. The molecule has 0 aliphatic carbocycles. The van der Waals surface area contributed by atoms with Gasteiger partial charge in [0.15, 0.2) is 0 Å². The highest BCUT2D eigenvalue weighted by atomic mass is 79.9. The highest BCUT2D eigenvalue weighted by Crippen LogP contribution is 2.25. The summed E-state index contributed by atoms with van der Waals surface area (Å²) in [6.07, 6.45) is 4.08. The Morgan fingerprint density at radius 3 is 2.18 bits per heavy atom. The molecular weight excluding hydrogens is 276 g/mol. The highest BCUT2D eigenvalue weighted by Gasteiger charge is 1.96. The summed E-state index contributed by atoms with van der Waals surface area (Å²) in [7, 11) is 0. The number of hydrogen-bond donors (Lipinski definition) is 1. The molecule has 0 aliphatic heterocycles. The quantitative estimate of drug-likeness (QED) is 0.799. The molecule has 0 radical (unpaired) electrons. The molecule has 2 heteroatoms. The van der Waals surface area contributed by atoms with E-state index in [9.17, 15) is 5.11 Å². The lowest BCUT2D eigenvalue weighted by molar-refractivity contribution is 0.472. The van der Waals surface area contributed by atoms with Crippen molar-refractivity contribution >= 4 is 28.1 Å². The minimum absolute atomic E-state index is 0.262. The number of benzene rings is 2. The average Bonchev–Trinajstić information content (AvgIpc) is 2.33. The van der Waals surface area contributed by atoms with Crippen molar-refractivity contribution in [3.63, 3.8) is 0 Å². The van der Waals surface area contributed by atoms with Crippen molar-refractivity contribution in [3.8, 4) is 5.75 Å². The van der Waals surface area contributed by atoms with Crippen LogP contribution in [-0.4, -0.2) is 5.11 Å². The Kier molecular flexibility index (Phi) is 3.64. The predicted octanol–water partition coefficient (Wildman–Crippen LogP) is 4.63. The Labute approximate surface area is 110 Å². The molecule has 0 aromatic heterocycles. The van der Waals surface area contributed by atoms with Crippen LogP contribution >= 0.6 is 15.9 Å². The van der Waals surface area contributed by atoms with Gasteiger partial charge < -0.3 is 5.11 Å². The van der Waals surface area contributed by atoms with Gasteiger partial charge in [0.2, 0.25) is 0 Å². The monoisotopic (exact) mass is 288 g/mol. The largest absolute Gasteiger partial charge is 0.507 e. The van der Waals surface area contributed by atoms with E-state index in [-0.39, 0.29) is 5.75 Å². The molecule has 86 valence electrons. The molecule has 2 rings (SSSR count). The topological polar surface area (TPSA) is 20.2 Å². The first kappa shape index (κ1) is 11.9. The Morgan fingerprint density at radius 2 is 1.53 bits per heavy atom. The van der Waals surface area contributed by atoms with Crippen LogP contribution < -0.4 is 0 Å². The molecule has 0 aliphatic rings. The van der Waals surface area contributed by atoms with E-state index < -0.39 is 0 Å². The van der Waals surface area contributed by atoms with Crippen LogP contribution in [0.1, 0.15) is 16.7 Å². The first-order chi connectivity index (χ1) is 8.15. The molecule has 0 saturated heterocycles. The summed E-state index contributed by atoms with van der Waals surface area (Å²) >= 11 is 3.30. The van der Waals surface area contributed by atoms with Crippen LogP contribution in [0.25, 0.3) is 12.2 Å². The van der Waals surface area contributed by atoms with E-state index in [1.807, 2.05) is 18.2 Å². The van der Waals surface area contributed by atoms with Gasteiger partial charge in [-0.05, 0) is 46.1 Å². The lowest BCUT2D eigenvalue weighted by atomic mass is 10.1. The van der Waals surface area contributed by atoms with Crippen LogP contribution in [0.15, 0.2) is 46.9 Å². The molecule has 0 bridgehead atoms. The molecule has 1 N–H and O–H groups in total. The van der Waals surface area contributed by atoms with Gasteiger partial charge in [0, 0.05) is 0 Å². The van der Waals surface area contributed by atoms with Crippen LogP contribution in [0.2, 0.25) is 0 Å². The third kappa shape index (κ3) is 3.21. The summed E-state index contributed by atoms with van der Waals surface area (Å²) in [5.41, 5.74) is 3.48. The molecule has 1 nitrogen and oxygen atoms in total. The Balaban J connectivity index is 2.20. The Hall–Kier alpha value is -1.54. The second-order valence-corrected chi connectivity index (χ2v) is 4.81. The fourth-order valence-electron chi connectivity index (χ4n) is 1.50. The number of halogens is 1. The maximum absolute atomic E-state index is 9.39. The van der Waals surface area contributed by atoms with Gasteiger partial charge >= 0.3 is 0 Å². The van der Waals surface area contributed by atoms with Crippen molar-refractivity contribution in [2.45, 2.75) is 6.92 Å². The Morgan fingerprint density at radius 1 is 0.941 bits per heavy atom. The number of aromatic hydroxyl groups is 1. The fraction of sp³-hybridized carbons (Fsp3) is 0.0667. The summed E-state index contributed by atoms with van der Waals surface area (Å²) in [5, 5.41) is 9.39. The molecule has 0 unspecified atom stereocenters. The van der Waals surface area contributed by atoms with Gasteiger partial charge in [-0.15, -0.1) is 0 Å². The smallest absolute Gasteiger partial charge is 0.129 e. The maximum atomic E-state index is 9.39. The lowest BCUT2D eigenvalue weighted by Gasteiger charge is -1.99. The van der Waals surface area contributed by atoms with Crippen LogP contribution in [-0.2, 0) is 0 Å². The third-order valence-corrected chi connectivity index (χ3v) is 3.15. The van der Waals surface area contributed by atoms with Gasteiger partial charge in [-0.25, -0.2) is 0 Å². The van der Waals surface area contributed by atoms with Gasteiger partial charge in [0.05, 0.1) is 4.47 Å². The summed E-state index contributed by atoms with van der Waals surface area (Å²) in [6, 6.07) is 13.8. The second kappa shape index (κ2) is 5.19. The van der Waals surface area contributed by atoms with Gasteiger partial charge in [0.25, 0.3) is 0 Å². The minimum atomic E-state index is 0.262.